The van der Waals surface area contributed by atoms with Gasteiger partial charge >= 0.3 is 18.2 Å². The fourth-order valence-corrected chi connectivity index (χ4v) is 4.07. The van der Waals surface area contributed by atoms with Crippen LogP contribution in [0.1, 0.15) is 12.8 Å². The number of imide groups is 1. The molecule has 9 nitrogen and oxygen atoms in total. The number of carboxylic acids is 1. The minimum absolute atomic E-state index is 0.0838. The third kappa shape index (κ3) is 4.11. The van der Waals surface area contributed by atoms with Crippen molar-refractivity contribution in [2.24, 2.45) is 5.92 Å². The van der Waals surface area contributed by atoms with E-state index in [4.69, 9.17) is 24.1 Å². The fourth-order valence-electron chi connectivity index (χ4n) is 4.07. The van der Waals surface area contributed by atoms with Gasteiger partial charge in [-0.2, -0.15) is 13.2 Å². The lowest BCUT2D eigenvalue weighted by Crippen LogP contribution is -2.63. The SMILES string of the molecule is COc1ccc(OC)c(N2C(=O)OC3(CN4CCC3CC4)C2=O)c1.O=C(O)C(F)(F)F. The third-order valence-electron chi connectivity index (χ3n) is 5.59. The molecule has 1 atom stereocenters. The van der Waals surface area contributed by atoms with Crippen LogP contribution in [0.4, 0.5) is 23.7 Å². The fraction of sp³-hybridized carbons (Fsp3) is 0.526. The number of carbonyl (C=O) groups is 3. The molecule has 1 spiro atoms. The number of nitrogens with zero attached hydrogens (tertiary/aromatic N) is 2. The van der Waals surface area contributed by atoms with E-state index in [-0.39, 0.29) is 11.8 Å². The summed E-state index contributed by atoms with van der Waals surface area (Å²) in [5, 5.41) is 7.12. The van der Waals surface area contributed by atoms with Gasteiger partial charge in [-0.3, -0.25) is 9.69 Å². The van der Waals surface area contributed by atoms with Crippen molar-refractivity contribution in [3.63, 3.8) is 0 Å². The molecule has 12 heteroatoms. The van der Waals surface area contributed by atoms with Crippen LogP contribution in [0.15, 0.2) is 18.2 Å². The smallest absolute Gasteiger partial charge is 0.490 e. The number of amides is 2. The molecule has 4 heterocycles. The molecule has 5 rings (SSSR count). The molecule has 0 saturated carbocycles. The first kappa shape index (κ1) is 22.7. The molecule has 1 aromatic carbocycles. The van der Waals surface area contributed by atoms with Gasteiger partial charge in [-0.1, -0.05) is 0 Å². The molecule has 2 amide bonds. The van der Waals surface area contributed by atoms with Gasteiger partial charge in [0.1, 0.15) is 17.2 Å². The van der Waals surface area contributed by atoms with Crippen LogP contribution in [0.3, 0.4) is 0 Å². The Hall–Kier alpha value is -3.02. The molecule has 0 aliphatic carbocycles. The summed E-state index contributed by atoms with van der Waals surface area (Å²) in [7, 11) is 3.03. The summed E-state index contributed by atoms with van der Waals surface area (Å²) in [5.41, 5.74) is -0.693. The number of hydrogen-bond acceptors (Lipinski definition) is 7. The molecule has 1 unspecified atom stereocenters. The summed E-state index contributed by atoms with van der Waals surface area (Å²) < 4.78 is 48.0. The number of ether oxygens (including phenoxy) is 3. The van der Waals surface area contributed by atoms with Crippen LogP contribution in [-0.2, 0) is 14.3 Å². The second kappa shape index (κ2) is 8.25. The Morgan fingerprint density at radius 3 is 2.26 bits per heavy atom. The summed E-state index contributed by atoms with van der Waals surface area (Å²) in [5.74, 6) is -2.00. The Labute approximate surface area is 175 Å². The lowest BCUT2D eigenvalue weighted by Gasteiger charge is -2.48. The molecule has 31 heavy (non-hydrogen) atoms. The Kier molecular flexibility index (Phi) is 6.03. The second-order valence-corrected chi connectivity index (χ2v) is 7.29. The van der Waals surface area contributed by atoms with Crippen LogP contribution in [0.5, 0.6) is 11.5 Å². The number of fused-ring (bicyclic) bond motifs is 2. The van der Waals surface area contributed by atoms with E-state index in [0.29, 0.717) is 23.7 Å². The van der Waals surface area contributed by atoms with Gasteiger partial charge in [0.05, 0.1) is 14.2 Å². The number of hydrogen-bond donors (Lipinski definition) is 1. The number of aliphatic carboxylic acids is 1. The lowest BCUT2D eigenvalue weighted by atomic mass is 9.75. The average Bonchev–Trinajstić information content (AvgIpc) is 2.97. The molecule has 1 aromatic rings. The van der Waals surface area contributed by atoms with Gasteiger partial charge in [0.2, 0.25) is 5.60 Å². The molecule has 2 bridgehead atoms. The van der Waals surface area contributed by atoms with E-state index >= 15 is 0 Å². The first-order valence-electron chi connectivity index (χ1n) is 9.35. The first-order chi connectivity index (χ1) is 14.5. The lowest BCUT2D eigenvalue weighted by molar-refractivity contribution is -0.192. The summed E-state index contributed by atoms with van der Waals surface area (Å²) in [6.07, 6.45) is -3.97. The Morgan fingerprint density at radius 1 is 1.19 bits per heavy atom. The third-order valence-corrected chi connectivity index (χ3v) is 5.59. The van der Waals surface area contributed by atoms with Crippen molar-refractivity contribution in [1.82, 2.24) is 4.90 Å². The van der Waals surface area contributed by atoms with Gasteiger partial charge < -0.3 is 19.3 Å². The van der Waals surface area contributed by atoms with Crippen molar-refractivity contribution in [2.75, 3.05) is 38.8 Å². The van der Waals surface area contributed by atoms with Crippen molar-refractivity contribution in [3.05, 3.63) is 18.2 Å². The van der Waals surface area contributed by atoms with Crippen molar-refractivity contribution in [3.8, 4) is 11.5 Å². The number of alkyl halides is 3. The minimum atomic E-state index is -5.08. The molecule has 4 aliphatic rings. The van der Waals surface area contributed by atoms with Crippen molar-refractivity contribution in [2.45, 2.75) is 24.6 Å². The van der Waals surface area contributed by atoms with Gasteiger partial charge in [-0.25, -0.2) is 14.5 Å². The van der Waals surface area contributed by atoms with Crippen molar-refractivity contribution < 1.29 is 46.9 Å². The Bertz CT molecular complexity index is 884. The standard InChI is InChI=1S/C17H20N2O5.C2HF3O2/c1-22-12-3-4-14(23-2)13(9-12)19-15(20)17(24-16(19)21)10-18-7-5-11(17)6-8-18;3-2(4,5)1(6)7/h3-4,9,11H,5-8,10H2,1-2H3;(H,6,7). The molecule has 170 valence electrons. The van der Waals surface area contributed by atoms with Gasteiger partial charge in [-0.05, 0) is 38.1 Å². The first-order valence-corrected chi connectivity index (χ1v) is 9.35. The zero-order chi connectivity index (χ0) is 23.0. The van der Waals surface area contributed by atoms with E-state index in [1.54, 1.807) is 18.2 Å². The maximum atomic E-state index is 13.2. The molecular weight excluding hydrogens is 425 g/mol. The van der Waals surface area contributed by atoms with Crippen LogP contribution < -0.4 is 14.4 Å². The minimum Gasteiger partial charge on any atom is -0.497 e. The van der Waals surface area contributed by atoms with E-state index in [9.17, 15) is 22.8 Å². The molecule has 0 aromatic heterocycles. The summed E-state index contributed by atoms with van der Waals surface area (Å²) in [6.45, 7) is 2.39. The van der Waals surface area contributed by atoms with Crippen LogP contribution in [-0.4, -0.2) is 73.6 Å². The number of carbonyl (C=O) groups excluding carboxylic acids is 2. The number of methoxy groups -OCH3 is 2. The summed E-state index contributed by atoms with van der Waals surface area (Å²) in [4.78, 5) is 38.0. The Morgan fingerprint density at radius 2 is 1.81 bits per heavy atom. The molecule has 4 saturated heterocycles. The highest BCUT2D eigenvalue weighted by Crippen LogP contribution is 2.46. The highest BCUT2D eigenvalue weighted by Gasteiger charge is 2.62. The summed E-state index contributed by atoms with van der Waals surface area (Å²) in [6, 6.07) is 5.02. The highest BCUT2D eigenvalue weighted by atomic mass is 19.4. The van der Waals surface area contributed by atoms with Crippen LogP contribution in [0, 0.1) is 5.92 Å². The topological polar surface area (TPSA) is 106 Å². The van der Waals surface area contributed by atoms with Gasteiger partial charge in [-0.15, -0.1) is 0 Å². The van der Waals surface area contributed by atoms with Crippen LogP contribution >= 0.6 is 0 Å². The Balaban J connectivity index is 0.000000339. The second-order valence-electron chi connectivity index (χ2n) is 7.29. The van der Waals surface area contributed by atoms with E-state index < -0.39 is 23.8 Å². The molecule has 1 N–H and O–H groups in total. The van der Waals surface area contributed by atoms with Gasteiger partial charge in [0.25, 0.3) is 5.91 Å². The maximum absolute atomic E-state index is 13.2. The number of piperidine rings is 3. The number of anilines is 1. The highest BCUT2D eigenvalue weighted by molar-refractivity contribution is 6.21. The van der Waals surface area contributed by atoms with Crippen LogP contribution in [0.2, 0.25) is 0 Å². The van der Waals surface area contributed by atoms with Gasteiger partial charge in [0.15, 0.2) is 0 Å². The normalized spacial score (nSPS) is 26.9. The zero-order valence-corrected chi connectivity index (χ0v) is 16.8. The van der Waals surface area contributed by atoms with E-state index in [1.165, 1.54) is 14.2 Å². The van der Waals surface area contributed by atoms with E-state index in [0.717, 1.165) is 30.8 Å². The number of benzene rings is 1. The van der Waals surface area contributed by atoms with Crippen molar-refractivity contribution >= 4 is 23.7 Å². The quantitative estimate of drug-likeness (QED) is 0.754. The van der Waals surface area contributed by atoms with Crippen molar-refractivity contribution in [1.29, 1.82) is 0 Å². The summed E-state index contributed by atoms with van der Waals surface area (Å²) >= 11 is 0. The molecular formula is C19H21F3N2O7. The number of rotatable bonds is 3. The monoisotopic (exact) mass is 446 g/mol. The average molecular weight is 446 g/mol. The zero-order valence-electron chi connectivity index (χ0n) is 16.8. The number of carboxylic acid groups (broad SMARTS) is 1. The van der Waals surface area contributed by atoms with Crippen LogP contribution in [0.25, 0.3) is 0 Å². The number of halogens is 3. The largest absolute Gasteiger partial charge is 0.497 e. The van der Waals surface area contributed by atoms with E-state index in [1.807, 2.05) is 0 Å². The molecule has 4 fully saturated rings. The van der Waals surface area contributed by atoms with E-state index in [2.05, 4.69) is 4.90 Å². The maximum Gasteiger partial charge on any atom is 0.490 e. The van der Waals surface area contributed by atoms with Gasteiger partial charge in [0, 0.05) is 18.5 Å². The molecule has 0 radical (unpaired) electrons. The predicted molar refractivity (Wildman–Crippen MR) is 99.1 cm³/mol. The predicted octanol–water partition coefficient (Wildman–Crippen LogP) is 2.28. The molecule has 4 aliphatic heterocycles.